The Morgan fingerprint density at radius 3 is 1.38 bits per heavy atom. The third kappa shape index (κ3) is 10.1. The Morgan fingerprint density at radius 1 is 0.414 bits per heavy atom. The zero-order valence-electron chi connectivity index (χ0n) is 37.4. The van der Waals surface area contributed by atoms with Crippen molar-refractivity contribution >= 4 is 16.6 Å². The van der Waals surface area contributed by atoms with Crippen LogP contribution in [-0.2, 0) is 6.42 Å². The number of para-hydroxylation sites is 2. The van der Waals surface area contributed by atoms with E-state index < -0.39 is 0 Å². The maximum absolute atomic E-state index is 5.00. The van der Waals surface area contributed by atoms with Gasteiger partial charge >= 0.3 is 0 Å². The van der Waals surface area contributed by atoms with E-state index in [1.807, 2.05) is 0 Å². The first-order valence-corrected chi connectivity index (χ1v) is 24.7. The monoisotopic (exact) mass is 795 g/mol. The first-order chi connectivity index (χ1) is 28.8. The number of piperidine rings is 4. The van der Waals surface area contributed by atoms with Gasteiger partial charge in [0.2, 0.25) is 0 Å². The highest BCUT2D eigenvalue weighted by Crippen LogP contribution is 2.44. The molecule has 2 saturated carbocycles. The van der Waals surface area contributed by atoms with Gasteiger partial charge in [0.15, 0.2) is 0 Å². The number of anilines is 1. The maximum Gasteiger partial charge on any atom is 0.0482 e. The maximum atomic E-state index is 5.00. The number of hydrogen-bond donors (Lipinski definition) is 0. The highest BCUT2D eigenvalue weighted by molar-refractivity contribution is 5.80. The lowest BCUT2D eigenvalue weighted by Crippen LogP contribution is -2.60. The van der Waals surface area contributed by atoms with Gasteiger partial charge in [-0.1, -0.05) is 154 Å². The van der Waals surface area contributed by atoms with Crippen LogP contribution >= 0.6 is 0 Å². The molecule has 0 radical (unpaired) electrons. The Labute approximate surface area is 360 Å². The van der Waals surface area contributed by atoms with Crippen LogP contribution in [0.4, 0.5) is 5.69 Å². The molecule has 58 heavy (non-hydrogen) atoms. The topological polar surface area (TPSA) is 14.7 Å². The van der Waals surface area contributed by atoms with Gasteiger partial charge in [-0.15, -0.1) is 0 Å². The lowest BCUT2D eigenvalue weighted by Gasteiger charge is -2.54. The minimum Gasteiger partial charge on any atom is -0.368 e. The van der Waals surface area contributed by atoms with Crippen LogP contribution in [0.25, 0.3) is 10.9 Å². The number of aromatic nitrogens is 1. The highest BCUT2D eigenvalue weighted by atomic mass is 15.3. The summed E-state index contributed by atoms with van der Waals surface area (Å²) in [6.07, 6.45) is 44.4. The van der Waals surface area contributed by atoms with E-state index in [0.717, 1.165) is 42.3 Å². The molecule has 5 aliphatic heterocycles. The van der Waals surface area contributed by atoms with Crippen molar-refractivity contribution in [1.82, 2.24) is 14.4 Å². The van der Waals surface area contributed by atoms with Gasteiger partial charge in [-0.3, -0.25) is 9.80 Å². The summed E-state index contributed by atoms with van der Waals surface area (Å²) >= 11 is 0. The van der Waals surface area contributed by atoms with Crippen molar-refractivity contribution < 1.29 is 2.97 Å². The van der Waals surface area contributed by atoms with Gasteiger partial charge in [-0.25, -0.2) is 0 Å². The van der Waals surface area contributed by atoms with Crippen molar-refractivity contribution in [3.8, 4) is 0 Å². The summed E-state index contributed by atoms with van der Waals surface area (Å²) in [5.74, 6) is 0. The smallest absolute Gasteiger partial charge is 0.0482 e. The minimum atomic E-state index is 0. The second-order valence-electron chi connectivity index (χ2n) is 19.9. The van der Waals surface area contributed by atoms with Crippen LogP contribution < -0.4 is 4.90 Å². The van der Waals surface area contributed by atoms with Crippen molar-refractivity contribution in [1.29, 1.82) is 0 Å². The molecule has 6 heterocycles. The van der Waals surface area contributed by atoms with Gasteiger partial charge in [0.05, 0.1) is 0 Å². The van der Waals surface area contributed by atoms with Gasteiger partial charge in [-0.2, -0.15) is 0 Å². The second-order valence-corrected chi connectivity index (χ2v) is 19.9. The van der Waals surface area contributed by atoms with E-state index in [1.54, 1.807) is 11.3 Å². The SMILES string of the molecule is C.C.[2H][2H].c1ccc2c(c1)CCN2C1C[C@H]2CCC[C@@H](C1)N2C1CCCCCCCCC1.c1ccc2c(c1)ccn2C1C[C@H]2CCC[C@@H](C1)N2C1CCCCCCCCC1. The normalized spacial score (nSPS) is 31.0. The van der Waals surface area contributed by atoms with Crippen LogP contribution in [0.3, 0.4) is 0 Å². The molecule has 4 heteroatoms. The standard InChI is InChI=1S/C26H40N2.C26H38N2.2CH4.H2/c2*1-2-4-6-12-22(13-7-5-3-1)28-23-14-10-15-24(28)20-25(19-23)27-18-17-21-11-8-9-16-26(21)27;;;/h8-9,11,16,22-25H,1-7,10,12-15,17-20H2;8-9,11,16-18,22-25H,1-7,10,12-15,19-20H2;2*1H4;1H/t2*23-,24+,25?;;;/i;;;;1+1D. The van der Waals surface area contributed by atoms with Gasteiger partial charge < -0.3 is 9.47 Å². The molecule has 0 amide bonds. The lowest BCUT2D eigenvalue weighted by atomic mass is 9.78. The molecule has 10 rings (SSSR count). The lowest BCUT2D eigenvalue weighted by molar-refractivity contribution is -0.0234. The molecule has 2 aliphatic carbocycles. The molecule has 6 fully saturated rings. The molecule has 0 spiro atoms. The van der Waals surface area contributed by atoms with E-state index in [9.17, 15) is 0 Å². The van der Waals surface area contributed by atoms with E-state index in [1.165, 1.54) is 204 Å². The molecule has 4 bridgehead atoms. The molecule has 3 aromatic rings. The van der Waals surface area contributed by atoms with Crippen molar-refractivity contribution in [2.24, 2.45) is 0 Å². The minimum absolute atomic E-state index is 0. The molecule has 4 nitrogen and oxygen atoms in total. The number of benzene rings is 2. The van der Waals surface area contributed by atoms with Crippen LogP contribution in [0.15, 0.2) is 60.8 Å². The highest BCUT2D eigenvalue weighted by Gasteiger charge is 2.44. The summed E-state index contributed by atoms with van der Waals surface area (Å²) in [6.45, 7) is 1.26. The molecular weight excluding hydrogens is 705 g/mol. The molecule has 6 atom stereocenters. The van der Waals surface area contributed by atoms with Crippen LogP contribution in [0.1, 0.15) is 209 Å². The van der Waals surface area contributed by atoms with Crippen molar-refractivity contribution in [2.75, 3.05) is 11.4 Å². The third-order valence-electron chi connectivity index (χ3n) is 16.4. The fraction of sp³-hybridized carbons (Fsp3) is 0.741. The second kappa shape index (κ2) is 21.5. The van der Waals surface area contributed by atoms with Crippen molar-refractivity contribution in [3.05, 3.63) is 66.4 Å². The van der Waals surface area contributed by atoms with E-state index in [4.69, 9.17) is 2.97 Å². The molecule has 2 unspecified atom stereocenters. The average Bonchev–Trinajstić information content (AvgIpc) is 3.90. The average molecular weight is 795 g/mol. The fourth-order valence-electron chi connectivity index (χ4n) is 13.8. The largest absolute Gasteiger partial charge is 0.368 e. The van der Waals surface area contributed by atoms with Crippen LogP contribution in [0, 0.1) is 0 Å². The van der Waals surface area contributed by atoms with Gasteiger partial charge in [0.25, 0.3) is 0 Å². The molecule has 4 saturated heterocycles. The first kappa shape index (κ1) is 42.4. The van der Waals surface area contributed by atoms with Gasteiger partial charge in [0, 0.05) is 75.3 Å². The Kier molecular flexibility index (Phi) is 15.7. The summed E-state index contributed by atoms with van der Waals surface area (Å²) < 4.78 is 12.6. The van der Waals surface area contributed by atoms with E-state index in [-0.39, 0.29) is 14.9 Å². The summed E-state index contributed by atoms with van der Waals surface area (Å²) in [5.41, 5.74) is 4.58. The zero-order valence-corrected chi connectivity index (χ0v) is 35.4. The Hall–Kier alpha value is -2.30. The van der Waals surface area contributed by atoms with Gasteiger partial charge in [-0.05, 0) is 113 Å². The van der Waals surface area contributed by atoms with Crippen molar-refractivity contribution in [2.45, 2.75) is 249 Å². The van der Waals surface area contributed by atoms with E-state index in [2.05, 4.69) is 80.1 Å². The molecular formula is C54H88N4. The Balaban J connectivity index is 0.000000187. The summed E-state index contributed by atoms with van der Waals surface area (Å²) in [5, 5.41) is 1.41. The fourth-order valence-corrected chi connectivity index (χ4v) is 13.8. The first-order valence-electron chi connectivity index (χ1n) is 25.7. The molecule has 324 valence electrons. The van der Waals surface area contributed by atoms with Crippen molar-refractivity contribution in [3.63, 3.8) is 0 Å². The van der Waals surface area contributed by atoms with E-state index in [0.29, 0.717) is 6.04 Å². The summed E-state index contributed by atoms with van der Waals surface area (Å²) in [7, 11) is 0. The number of rotatable bonds is 4. The zero-order chi connectivity index (χ0) is 39.5. The predicted molar refractivity (Wildman–Crippen MR) is 254 cm³/mol. The number of hydrogen-bond acceptors (Lipinski definition) is 3. The third-order valence-corrected chi connectivity index (χ3v) is 16.4. The predicted octanol–water partition coefficient (Wildman–Crippen LogP) is 14.9. The molecule has 1 aromatic heterocycles. The molecule has 0 N–H and O–H groups in total. The van der Waals surface area contributed by atoms with Gasteiger partial charge in [0.1, 0.15) is 0 Å². The van der Waals surface area contributed by atoms with Crippen LogP contribution in [0.5, 0.6) is 0 Å². The molecule has 7 aliphatic rings. The number of nitrogens with zero attached hydrogens (tertiary/aromatic N) is 4. The Morgan fingerprint density at radius 2 is 0.845 bits per heavy atom. The quantitative estimate of drug-likeness (QED) is 0.261. The summed E-state index contributed by atoms with van der Waals surface area (Å²) in [4.78, 5) is 8.95. The van der Waals surface area contributed by atoms with Crippen LogP contribution in [0.2, 0.25) is 0 Å². The summed E-state index contributed by atoms with van der Waals surface area (Å²) in [6, 6.07) is 27.1. The van der Waals surface area contributed by atoms with E-state index >= 15 is 0 Å². The molecule has 2 aromatic carbocycles. The van der Waals surface area contributed by atoms with Crippen LogP contribution in [-0.4, -0.2) is 63.2 Å². The Bertz CT molecular complexity index is 1610. The number of fused-ring (bicyclic) bond motifs is 6.